The Morgan fingerprint density at radius 1 is 1.39 bits per heavy atom. The predicted molar refractivity (Wildman–Crippen MR) is 88.7 cm³/mol. The van der Waals surface area contributed by atoms with Crippen LogP contribution in [0, 0.1) is 12.3 Å². The summed E-state index contributed by atoms with van der Waals surface area (Å²) < 4.78 is 11.0. The molecule has 0 bridgehead atoms. The van der Waals surface area contributed by atoms with Gasteiger partial charge in [0.1, 0.15) is 11.5 Å². The van der Waals surface area contributed by atoms with Crippen LogP contribution in [-0.4, -0.2) is 37.4 Å². The third-order valence-electron chi connectivity index (χ3n) is 4.26. The predicted octanol–water partition coefficient (Wildman–Crippen LogP) is 2.84. The van der Waals surface area contributed by atoms with Crippen LogP contribution in [0.2, 0.25) is 0 Å². The summed E-state index contributed by atoms with van der Waals surface area (Å²) in [6, 6.07) is 7.54. The SMILES string of the molecule is Cc1ccc(-c2ccc(C(=O)NCC3(CCO)CCOC3)s2)o1. The van der Waals surface area contributed by atoms with E-state index in [2.05, 4.69) is 5.32 Å². The van der Waals surface area contributed by atoms with Gasteiger partial charge in [0.05, 0.1) is 16.4 Å². The van der Waals surface area contributed by atoms with E-state index in [1.54, 1.807) is 0 Å². The van der Waals surface area contributed by atoms with Crippen molar-refractivity contribution in [2.45, 2.75) is 19.8 Å². The molecule has 0 radical (unpaired) electrons. The topological polar surface area (TPSA) is 71.7 Å². The fraction of sp³-hybridized carbons (Fsp3) is 0.471. The molecule has 2 aromatic rings. The molecule has 1 aliphatic heterocycles. The molecule has 3 heterocycles. The van der Waals surface area contributed by atoms with Crippen molar-refractivity contribution in [3.05, 3.63) is 34.9 Å². The van der Waals surface area contributed by atoms with Crippen LogP contribution in [0.3, 0.4) is 0 Å². The summed E-state index contributed by atoms with van der Waals surface area (Å²) in [5.41, 5.74) is -0.136. The number of carbonyl (C=O) groups is 1. The zero-order valence-corrected chi connectivity index (χ0v) is 13.9. The second-order valence-corrected chi connectivity index (χ2v) is 7.12. The van der Waals surface area contributed by atoms with E-state index in [1.807, 2.05) is 31.2 Å². The number of carbonyl (C=O) groups excluding carboxylic acids is 1. The van der Waals surface area contributed by atoms with Crippen molar-refractivity contribution < 1.29 is 19.1 Å². The molecule has 0 aromatic carbocycles. The van der Waals surface area contributed by atoms with Gasteiger partial charge in [-0.3, -0.25) is 4.79 Å². The van der Waals surface area contributed by atoms with E-state index in [0.717, 1.165) is 22.8 Å². The largest absolute Gasteiger partial charge is 0.461 e. The minimum absolute atomic E-state index is 0.0891. The number of furan rings is 1. The Kier molecular flexibility index (Phi) is 4.84. The van der Waals surface area contributed by atoms with Gasteiger partial charge in [0, 0.05) is 25.2 Å². The minimum atomic E-state index is -0.136. The van der Waals surface area contributed by atoms with Gasteiger partial charge in [-0.05, 0) is 44.0 Å². The number of thiophene rings is 1. The Balaban J connectivity index is 1.63. The smallest absolute Gasteiger partial charge is 0.261 e. The van der Waals surface area contributed by atoms with Crippen LogP contribution in [0.25, 0.3) is 10.6 Å². The van der Waals surface area contributed by atoms with E-state index in [0.29, 0.717) is 31.1 Å². The highest BCUT2D eigenvalue weighted by Crippen LogP contribution is 2.32. The molecule has 2 aromatic heterocycles. The van der Waals surface area contributed by atoms with Gasteiger partial charge in [0.15, 0.2) is 0 Å². The first-order valence-corrected chi connectivity index (χ1v) is 8.57. The standard InChI is InChI=1S/C17H21NO4S/c1-12-2-3-13(22-12)14-4-5-15(23-14)16(20)18-10-17(6-8-19)7-9-21-11-17/h2-5,19H,6-11H2,1H3,(H,18,20). The summed E-state index contributed by atoms with van der Waals surface area (Å²) in [7, 11) is 0. The van der Waals surface area contributed by atoms with E-state index in [-0.39, 0.29) is 17.9 Å². The molecule has 1 amide bonds. The first-order chi connectivity index (χ1) is 11.1. The summed E-state index contributed by atoms with van der Waals surface area (Å²) >= 11 is 1.42. The maximum atomic E-state index is 12.4. The summed E-state index contributed by atoms with van der Waals surface area (Å²) in [6.45, 7) is 3.82. The van der Waals surface area contributed by atoms with Gasteiger partial charge in [-0.25, -0.2) is 0 Å². The van der Waals surface area contributed by atoms with Crippen molar-refractivity contribution in [2.75, 3.05) is 26.4 Å². The maximum Gasteiger partial charge on any atom is 0.261 e. The normalized spacial score (nSPS) is 20.8. The molecule has 0 saturated carbocycles. The summed E-state index contributed by atoms with van der Waals surface area (Å²) in [5, 5.41) is 12.2. The molecule has 1 unspecified atom stereocenters. The average molecular weight is 335 g/mol. The van der Waals surface area contributed by atoms with Gasteiger partial charge in [0.25, 0.3) is 5.91 Å². The first kappa shape index (κ1) is 16.2. The lowest BCUT2D eigenvalue weighted by Gasteiger charge is -2.26. The average Bonchev–Trinajstić information content (AvgIpc) is 3.25. The van der Waals surface area contributed by atoms with Crippen molar-refractivity contribution in [3.8, 4) is 10.6 Å². The molecule has 124 valence electrons. The van der Waals surface area contributed by atoms with Crippen LogP contribution in [-0.2, 0) is 4.74 Å². The van der Waals surface area contributed by atoms with Crippen molar-refractivity contribution in [1.82, 2.24) is 5.32 Å². The fourth-order valence-corrected chi connectivity index (χ4v) is 3.71. The van der Waals surface area contributed by atoms with Crippen molar-refractivity contribution in [3.63, 3.8) is 0 Å². The van der Waals surface area contributed by atoms with Gasteiger partial charge < -0.3 is 19.6 Å². The number of amides is 1. The number of rotatable bonds is 6. The van der Waals surface area contributed by atoms with E-state index < -0.39 is 0 Å². The zero-order chi connectivity index (χ0) is 16.3. The lowest BCUT2D eigenvalue weighted by molar-refractivity contribution is 0.0893. The lowest BCUT2D eigenvalue weighted by atomic mass is 9.84. The highest BCUT2D eigenvalue weighted by atomic mass is 32.1. The Labute approximate surface area is 139 Å². The van der Waals surface area contributed by atoms with Gasteiger partial charge in [0.2, 0.25) is 0 Å². The van der Waals surface area contributed by atoms with E-state index in [4.69, 9.17) is 9.15 Å². The minimum Gasteiger partial charge on any atom is -0.461 e. The van der Waals surface area contributed by atoms with Crippen LogP contribution in [0.1, 0.15) is 28.3 Å². The zero-order valence-electron chi connectivity index (χ0n) is 13.1. The molecule has 3 rings (SSSR count). The molecule has 0 aliphatic carbocycles. The highest BCUT2D eigenvalue weighted by Gasteiger charge is 2.34. The van der Waals surface area contributed by atoms with Crippen LogP contribution >= 0.6 is 11.3 Å². The number of aliphatic hydroxyl groups excluding tert-OH is 1. The molecule has 23 heavy (non-hydrogen) atoms. The van der Waals surface area contributed by atoms with E-state index in [1.165, 1.54) is 11.3 Å². The Morgan fingerprint density at radius 2 is 2.26 bits per heavy atom. The number of aliphatic hydroxyl groups is 1. The van der Waals surface area contributed by atoms with E-state index in [9.17, 15) is 9.90 Å². The lowest BCUT2D eigenvalue weighted by Crippen LogP contribution is -2.38. The molecule has 1 atom stereocenters. The Morgan fingerprint density at radius 3 is 2.91 bits per heavy atom. The van der Waals surface area contributed by atoms with Gasteiger partial charge >= 0.3 is 0 Å². The maximum absolute atomic E-state index is 12.4. The molecule has 1 aliphatic rings. The van der Waals surface area contributed by atoms with Crippen LogP contribution in [0.4, 0.5) is 0 Å². The second-order valence-electron chi connectivity index (χ2n) is 6.03. The summed E-state index contributed by atoms with van der Waals surface area (Å²) in [4.78, 5) is 14.0. The molecule has 2 N–H and O–H groups in total. The quantitative estimate of drug-likeness (QED) is 0.851. The summed E-state index contributed by atoms with van der Waals surface area (Å²) in [6.07, 6.45) is 1.52. The number of ether oxygens (including phenoxy) is 1. The van der Waals surface area contributed by atoms with Gasteiger partial charge in [-0.15, -0.1) is 11.3 Å². The molecule has 0 spiro atoms. The Bertz CT molecular complexity index is 670. The fourth-order valence-electron chi connectivity index (χ4n) is 2.83. The van der Waals surface area contributed by atoms with Gasteiger partial charge in [-0.1, -0.05) is 0 Å². The monoisotopic (exact) mass is 335 g/mol. The van der Waals surface area contributed by atoms with Gasteiger partial charge in [-0.2, -0.15) is 0 Å². The molecule has 1 fully saturated rings. The molecule has 1 saturated heterocycles. The highest BCUT2D eigenvalue weighted by molar-refractivity contribution is 7.17. The van der Waals surface area contributed by atoms with Crippen LogP contribution in [0.5, 0.6) is 0 Å². The van der Waals surface area contributed by atoms with E-state index >= 15 is 0 Å². The van der Waals surface area contributed by atoms with Crippen LogP contribution in [0.15, 0.2) is 28.7 Å². The van der Waals surface area contributed by atoms with Crippen molar-refractivity contribution in [1.29, 1.82) is 0 Å². The number of nitrogens with one attached hydrogen (secondary N) is 1. The third kappa shape index (κ3) is 3.65. The number of hydrogen-bond acceptors (Lipinski definition) is 5. The Hall–Kier alpha value is -1.63. The molecule has 5 nitrogen and oxygen atoms in total. The molecular formula is C17H21NO4S. The first-order valence-electron chi connectivity index (χ1n) is 7.75. The summed E-state index contributed by atoms with van der Waals surface area (Å²) in [5.74, 6) is 1.55. The number of hydrogen-bond donors (Lipinski definition) is 2. The number of aryl methyl sites for hydroxylation is 1. The third-order valence-corrected chi connectivity index (χ3v) is 5.36. The molecular weight excluding hydrogens is 314 g/mol. The second kappa shape index (κ2) is 6.86. The van der Waals surface area contributed by atoms with Crippen LogP contribution < -0.4 is 5.32 Å². The molecule has 6 heteroatoms. The van der Waals surface area contributed by atoms with Crippen molar-refractivity contribution in [2.24, 2.45) is 5.41 Å². The van der Waals surface area contributed by atoms with Crippen molar-refractivity contribution >= 4 is 17.2 Å².